The van der Waals surface area contributed by atoms with E-state index < -0.39 is 12.0 Å². The van der Waals surface area contributed by atoms with Crippen LogP contribution in [0.5, 0.6) is 17.2 Å². The fourth-order valence-corrected chi connectivity index (χ4v) is 1.91. The fraction of sp³-hybridized carbons (Fsp3) is 0.467. The predicted octanol–water partition coefficient (Wildman–Crippen LogP) is 1.23. The van der Waals surface area contributed by atoms with Crippen LogP contribution in [0.1, 0.15) is 18.9 Å². The van der Waals surface area contributed by atoms with Gasteiger partial charge in [0.05, 0.1) is 21.3 Å². The lowest BCUT2D eigenvalue weighted by atomic mass is 10.1. The summed E-state index contributed by atoms with van der Waals surface area (Å²) in [5.41, 5.74) is 0.827. The number of carbonyl (C=O) groups excluding carboxylic acids is 1. The molecule has 1 atom stereocenters. The van der Waals surface area contributed by atoms with E-state index >= 15 is 0 Å². The quantitative estimate of drug-likeness (QED) is 0.750. The van der Waals surface area contributed by atoms with Crippen molar-refractivity contribution in [3.8, 4) is 17.2 Å². The number of nitrogens with one attached hydrogen (secondary N) is 1. The van der Waals surface area contributed by atoms with Crippen LogP contribution in [0.25, 0.3) is 0 Å². The van der Waals surface area contributed by atoms with Crippen molar-refractivity contribution >= 4 is 11.9 Å². The normalized spacial score (nSPS) is 11.5. The monoisotopic (exact) mass is 311 g/mol. The molecule has 0 saturated carbocycles. The molecule has 1 aromatic rings. The molecule has 0 aliphatic heterocycles. The Hall–Kier alpha value is -2.44. The number of benzene rings is 1. The van der Waals surface area contributed by atoms with Crippen molar-refractivity contribution in [1.29, 1.82) is 0 Å². The van der Waals surface area contributed by atoms with Gasteiger partial charge in [-0.05, 0) is 31.0 Å². The zero-order valence-electron chi connectivity index (χ0n) is 13.1. The van der Waals surface area contributed by atoms with Crippen LogP contribution in [0.3, 0.4) is 0 Å². The molecular weight excluding hydrogens is 290 g/mol. The molecule has 7 nitrogen and oxygen atoms in total. The fourth-order valence-electron chi connectivity index (χ4n) is 1.91. The third-order valence-electron chi connectivity index (χ3n) is 3.11. The van der Waals surface area contributed by atoms with Crippen LogP contribution in [0.4, 0.5) is 0 Å². The van der Waals surface area contributed by atoms with E-state index in [1.807, 2.05) is 0 Å². The zero-order chi connectivity index (χ0) is 16.7. The third-order valence-corrected chi connectivity index (χ3v) is 3.11. The van der Waals surface area contributed by atoms with Crippen molar-refractivity contribution in [2.75, 3.05) is 21.3 Å². The number of rotatable bonds is 8. The standard InChI is InChI=1S/C15H21NO6/c1-9(15(18)19)16-13(17)6-5-10-7-11(20-2)14(22-4)12(8-10)21-3/h7-9H,5-6H2,1-4H3,(H,16,17)(H,18,19). The molecule has 0 bridgehead atoms. The average molecular weight is 311 g/mol. The molecular formula is C15H21NO6. The molecule has 1 rings (SSSR count). The van der Waals surface area contributed by atoms with E-state index in [4.69, 9.17) is 19.3 Å². The van der Waals surface area contributed by atoms with Crippen molar-refractivity contribution in [2.45, 2.75) is 25.8 Å². The summed E-state index contributed by atoms with van der Waals surface area (Å²) in [6, 6.07) is 2.61. The number of carboxylic acid groups (broad SMARTS) is 1. The van der Waals surface area contributed by atoms with Gasteiger partial charge in [-0.15, -0.1) is 0 Å². The molecule has 0 spiro atoms. The maximum atomic E-state index is 11.7. The zero-order valence-corrected chi connectivity index (χ0v) is 13.1. The van der Waals surface area contributed by atoms with Gasteiger partial charge in [-0.2, -0.15) is 0 Å². The van der Waals surface area contributed by atoms with E-state index in [0.29, 0.717) is 23.7 Å². The van der Waals surface area contributed by atoms with Crippen LogP contribution in [0.2, 0.25) is 0 Å². The van der Waals surface area contributed by atoms with E-state index in [1.54, 1.807) is 12.1 Å². The molecule has 2 N–H and O–H groups in total. The van der Waals surface area contributed by atoms with E-state index in [2.05, 4.69) is 5.32 Å². The molecule has 1 unspecified atom stereocenters. The first-order valence-electron chi connectivity index (χ1n) is 6.74. The summed E-state index contributed by atoms with van der Waals surface area (Å²) >= 11 is 0. The molecule has 7 heteroatoms. The lowest BCUT2D eigenvalue weighted by molar-refractivity contribution is -0.141. The molecule has 0 aliphatic rings. The summed E-state index contributed by atoms with van der Waals surface area (Å²) in [5, 5.41) is 11.2. The second kappa shape index (κ2) is 8.11. The molecule has 0 aliphatic carbocycles. The highest BCUT2D eigenvalue weighted by Crippen LogP contribution is 2.38. The van der Waals surface area contributed by atoms with Gasteiger partial charge in [0.2, 0.25) is 11.7 Å². The first kappa shape index (κ1) is 17.6. The number of hydrogen-bond donors (Lipinski definition) is 2. The van der Waals surface area contributed by atoms with Crippen LogP contribution >= 0.6 is 0 Å². The van der Waals surface area contributed by atoms with Crippen LogP contribution in [0.15, 0.2) is 12.1 Å². The number of carbonyl (C=O) groups is 2. The molecule has 0 fully saturated rings. The van der Waals surface area contributed by atoms with E-state index in [9.17, 15) is 9.59 Å². The number of amides is 1. The first-order valence-corrected chi connectivity index (χ1v) is 6.74. The Labute approximate surface area is 129 Å². The molecule has 22 heavy (non-hydrogen) atoms. The third kappa shape index (κ3) is 4.54. The number of carboxylic acids is 1. The van der Waals surface area contributed by atoms with Crippen LogP contribution in [-0.4, -0.2) is 44.4 Å². The number of hydrogen-bond acceptors (Lipinski definition) is 5. The maximum absolute atomic E-state index is 11.7. The van der Waals surface area contributed by atoms with Gasteiger partial charge in [0.1, 0.15) is 6.04 Å². The van der Waals surface area contributed by atoms with Gasteiger partial charge in [-0.25, -0.2) is 0 Å². The number of aliphatic carboxylic acids is 1. The van der Waals surface area contributed by atoms with Crippen LogP contribution < -0.4 is 19.5 Å². The highest BCUT2D eigenvalue weighted by atomic mass is 16.5. The summed E-state index contributed by atoms with van der Waals surface area (Å²) in [4.78, 5) is 22.4. The van der Waals surface area contributed by atoms with Gasteiger partial charge in [0.15, 0.2) is 11.5 Å². The van der Waals surface area contributed by atoms with E-state index in [1.165, 1.54) is 28.3 Å². The minimum atomic E-state index is -1.07. The summed E-state index contributed by atoms with van der Waals surface area (Å²) in [7, 11) is 4.55. The van der Waals surface area contributed by atoms with Gasteiger partial charge < -0.3 is 24.6 Å². The van der Waals surface area contributed by atoms with Crippen molar-refractivity contribution in [1.82, 2.24) is 5.32 Å². The Morgan fingerprint density at radius 2 is 1.68 bits per heavy atom. The summed E-state index contributed by atoms with van der Waals surface area (Å²) in [6.07, 6.45) is 0.588. The maximum Gasteiger partial charge on any atom is 0.325 e. The molecule has 0 aromatic heterocycles. The molecule has 1 aromatic carbocycles. The van der Waals surface area contributed by atoms with Crippen molar-refractivity contribution in [2.24, 2.45) is 0 Å². The summed E-state index contributed by atoms with van der Waals surface area (Å²) in [6.45, 7) is 1.42. The van der Waals surface area contributed by atoms with Gasteiger partial charge in [-0.1, -0.05) is 0 Å². The molecule has 0 heterocycles. The Morgan fingerprint density at radius 1 is 1.14 bits per heavy atom. The van der Waals surface area contributed by atoms with Crippen molar-refractivity contribution in [3.63, 3.8) is 0 Å². The number of aryl methyl sites for hydroxylation is 1. The molecule has 0 saturated heterocycles. The van der Waals surface area contributed by atoms with Crippen LogP contribution in [-0.2, 0) is 16.0 Å². The largest absolute Gasteiger partial charge is 0.493 e. The minimum Gasteiger partial charge on any atom is -0.493 e. The lowest BCUT2D eigenvalue weighted by Gasteiger charge is -2.14. The van der Waals surface area contributed by atoms with Crippen LogP contribution in [0, 0.1) is 0 Å². The van der Waals surface area contributed by atoms with Crippen molar-refractivity contribution in [3.05, 3.63) is 17.7 Å². The molecule has 122 valence electrons. The Kier molecular flexibility index (Phi) is 6.49. The molecule has 1 amide bonds. The first-order chi connectivity index (χ1) is 10.4. The highest BCUT2D eigenvalue weighted by molar-refractivity contribution is 5.83. The van der Waals surface area contributed by atoms with Gasteiger partial charge in [0.25, 0.3) is 0 Å². The highest BCUT2D eigenvalue weighted by Gasteiger charge is 2.16. The van der Waals surface area contributed by atoms with E-state index in [-0.39, 0.29) is 12.3 Å². The van der Waals surface area contributed by atoms with Crippen molar-refractivity contribution < 1.29 is 28.9 Å². The number of ether oxygens (including phenoxy) is 3. The SMILES string of the molecule is COc1cc(CCC(=O)NC(C)C(=O)O)cc(OC)c1OC. The second-order valence-electron chi connectivity index (χ2n) is 4.66. The van der Waals surface area contributed by atoms with Gasteiger partial charge in [0, 0.05) is 6.42 Å². The minimum absolute atomic E-state index is 0.163. The predicted molar refractivity (Wildman–Crippen MR) is 79.7 cm³/mol. The Morgan fingerprint density at radius 3 is 2.09 bits per heavy atom. The second-order valence-corrected chi connectivity index (χ2v) is 4.66. The topological polar surface area (TPSA) is 94.1 Å². The Bertz CT molecular complexity index is 518. The summed E-state index contributed by atoms with van der Waals surface area (Å²) < 4.78 is 15.7. The number of methoxy groups -OCH3 is 3. The molecule has 0 radical (unpaired) electrons. The Balaban J connectivity index is 2.78. The van der Waals surface area contributed by atoms with Gasteiger partial charge >= 0.3 is 5.97 Å². The lowest BCUT2D eigenvalue weighted by Crippen LogP contribution is -2.38. The van der Waals surface area contributed by atoms with Gasteiger partial charge in [-0.3, -0.25) is 9.59 Å². The smallest absolute Gasteiger partial charge is 0.325 e. The average Bonchev–Trinajstić information content (AvgIpc) is 2.51. The summed E-state index contributed by atoms with van der Waals surface area (Å²) in [5.74, 6) is 0.106. The van der Waals surface area contributed by atoms with E-state index in [0.717, 1.165) is 5.56 Å².